The first-order valence-electron chi connectivity index (χ1n) is 8.62. The molecule has 2 aromatic rings. The minimum Gasteiger partial charge on any atom is -0.492 e. The Morgan fingerprint density at radius 3 is 2.84 bits per heavy atom. The lowest BCUT2D eigenvalue weighted by Crippen LogP contribution is -2.39. The molecule has 0 unspecified atom stereocenters. The zero-order valence-electron chi connectivity index (χ0n) is 14.1. The van der Waals surface area contributed by atoms with Crippen molar-refractivity contribution in [1.82, 2.24) is 15.5 Å². The van der Waals surface area contributed by atoms with Gasteiger partial charge in [0.15, 0.2) is 5.82 Å². The quantitative estimate of drug-likeness (QED) is 0.915. The highest BCUT2D eigenvalue weighted by Gasteiger charge is 2.36. The molecule has 7 nitrogen and oxygen atoms in total. The maximum absolute atomic E-state index is 12.9. The number of carbonyl (C=O) groups excluding carboxylic acids is 1. The third-order valence-electron chi connectivity index (χ3n) is 4.86. The minimum atomic E-state index is -0.317. The fourth-order valence-electron chi connectivity index (χ4n) is 3.50. The SMILES string of the molecule is Cc1noc([C@H](NC(=O)[C@H]2COc3ccccc32)C2CCOCC2)n1. The monoisotopic (exact) mass is 343 g/mol. The van der Waals surface area contributed by atoms with Crippen molar-refractivity contribution in [3.05, 3.63) is 41.5 Å². The molecule has 0 radical (unpaired) electrons. The van der Waals surface area contributed by atoms with Gasteiger partial charge in [0.2, 0.25) is 11.8 Å². The first kappa shape index (κ1) is 16.1. The van der Waals surface area contributed by atoms with Crippen molar-refractivity contribution < 1.29 is 18.8 Å². The Kier molecular flexibility index (Phi) is 4.40. The summed E-state index contributed by atoms with van der Waals surface area (Å²) in [5.41, 5.74) is 0.924. The summed E-state index contributed by atoms with van der Waals surface area (Å²) in [7, 11) is 0. The Labute approximate surface area is 145 Å². The molecule has 7 heteroatoms. The van der Waals surface area contributed by atoms with Gasteiger partial charge in [0.1, 0.15) is 24.3 Å². The molecule has 1 N–H and O–H groups in total. The summed E-state index contributed by atoms with van der Waals surface area (Å²) in [5, 5.41) is 7.01. The molecule has 0 aliphatic carbocycles. The van der Waals surface area contributed by atoms with Crippen molar-refractivity contribution in [1.29, 1.82) is 0 Å². The Morgan fingerprint density at radius 1 is 1.28 bits per heavy atom. The topological polar surface area (TPSA) is 86.5 Å². The van der Waals surface area contributed by atoms with E-state index >= 15 is 0 Å². The van der Waals surface area contributed by atoms with Gasteiger partial charge < -0.3 is 19.3 Å². The summed E-state index contributed by atoms with van der Waals surface area (Å²) in [4.78, 5) is 17.3. The van der Waals surface area contributed by atoms with Crippen molar-refractivity contribution in [3.8, 4) is 5.75 Å². The molecule has 1 amide bonds. The zero-order valence-corrected chi connectivity index (χ0v) is 14.1. The summed E-state index contributed by atoms with van der Waals surface area (Å²) >= 11 is 0. The lowest BCUT2D eigenvalue weighted by molar-refractivity contribution is -0.124. The zero-order chi connectivity index (χ0) is 17.2. The molecule has 0 spiro atoms. The first-order valence-corrected chi connectivity index (χ1v) is 8.62. The normalized spacial score (nSPS) is 21.4. The van der Waals surface area contributed by atoms with Crippen molar-refractivity contribution in [2.45, 2.75) is 31.7 Å². The Hall–Kier alpha value is -2.41. The Morgan fingerprint density at radius 2 is 2.08 bits per heavy atom. The number of hydrogen-bond acceptors (Lipinski definition) is 6. The lowest BCUT2D eigenvalue weighted by Gasteiger charge is -2.29. The second kappa shape index (κ2) is 6.84. The molecular weight excluding hydrogens is 322 g/mol. The fraction of sp³-hybridized carbons (Fsp3) is 0.500. The molecule has 132 valence electrons. The van der Waals surface area contributed by atoms with Gasteiger partial charge in [0.05, 0.1) is 0 Å². The van der Waals surface area contributed by atoms with Gasteiger partial charge >= 0.3 is 0 Å². The molecule has 0 bridgehead atoms. The van der Waals surface area contributed by atoms with E-state index in [0.29, 0.717) is 31.5 Å². The number of amides is 1. The molecule has 2 atom stereocenters. The highest BCUT2D eigenvalue weighted by molar-refractivity contribution is 5.85. The summed E-state index contributed by atoms with van der Waals surface area (Å²) in [6, 6.07) is 7.36. The molecule has 0 saturated carbocycles. The number of nitrogens with one attached hydrogen (secondary N) is 1. The van der Waals surface area contributed by atoms with Crippen LogP contribution in [0.1, 0.15) is 42.1 Å². The average Bonchev–Trinajstić information content (AvgIpc) is 3.26. The highest BCUT2D eigenvalue weighted by Crippen LogP contribution is 2.35. The number of hydrogen-bond donors (Lipinski definition) is 1. The molecule has 1 fully saturated rings. The highest BCUT2D eigenvalue weighted by atomic mass is 16.5. The van der Waals surface area contributed by atoms with E-state index in [2.05, 4.69) is 15.5 Å². The van der Waals surface area contributed by atoms with E-state index in [1.807, 2.05) is 24.3 Å². The third-order valence-corrected chi connectivity index (χ3v) is 4.86. The van der Waals surface area contributed by atoms with Gasteiger partial charge in [-0.05, 0) is 31.7 Å². The number of benzene rings is 1. The van der Waals surface area contributed by atoms with Gasteiger partial charge in [-0.3, -0.25) is 4.79 Å². The molecule has 25 heavy (non-hydrogen) atoms. The Balaban J connectivity index is 1.55. The van der Waals surface area contributed by atoms with Gasteiger partial charge in [0, 0.05) is 18.8 Å². The van der Waals surface area contributed by atoms with Crippen LogP contribution in [0.3, 0.4) is 0 Å². The molecule has 1 aromatic heterocycles. The molecule has 4 rings (SSSR count). The van der Waals surface area contributed by atoms with E-state index in [-0.39, 0.29) is 23.8 Å². The predicted octanol–water partition coefficient (Wildman–Crippen LogP) is 2.14. The smallest absolute Gasteiger partial charge is 0.249 e. The first-order chi connectivity index (χ1) is 12.2. The summed E-state index contributed by atoms with van der Waals surface area (Å²) in [6.45, 7) is 3.49. The van der Waals surface area contributed by atoms with Crippen LogP contribution in [0.4, 0.5) is 0 Å². The van der Waals surface area contributed by atoms with Crippen LogP contribution in [0.5, 0.6) is 5.75 Å². The number of aromatic nitrogens is 2. The minimum absolute atomic E-state index is 0.0719. The number of rotatable bonds is 4. The molecular formula is C18H21N3O4. The van der Waals surface area contributed by atoms with Gasteiger partial charge in [-0.25, -0.2) is 0 Å². The number of para-hydroxylation sites is 1. The van der Waals surface area contributed by atoms with E-state index in [9.17, 15) is 4.79 Å². The average molecular weight is 343 g/mol. The van der Waals surface area contributed by atoms with Crippen molar-refractivity contribution >= 4 is 5.91 Å². The standard InChI is InChI=1S/C18H21N3O4/c1-11-19-18(25-21-11)16(12-6-8-23-9-7-12)20-17(22)14-10-24-15-5-3-2-4-13(14)15/h2-5,12,14,16H,6-10H2,1H3,(H,20,22)/t14-,16+/m0/s1. The molecule has 2 aliphatic rings. The molecule has 1 aromatic carbocycles. The van der Waals surface area contributed by atoms with Crippen LogP contribution in [-0.4, -0.2) is 35.9 Å². The molecule has 2 aliphatic heterocycles. The number of nitrogens with zero attached hydrogens (tertiary/aromatic N) is 2. The van der Waals surface area contributed by atoms with Crippen LogP contribution in [0.2, 0.25) is 0 Å². The Bertz CT molecular complexity index is 754. The van der Waals surface area contributed by atoms with Crippen LogP contribution in [0.25, 0.3) is 0 Å². The van der Waals surface area contributed by atoms with Gasteiger partial charge in [-0.1, -0.05) is 23.4 Å². The lowest BCUT2D eigenvalue weighted by atomic mass is 9.90. The van der Waals surface area contributed by atoms with E-state index in [4.69, 9.17) is 14.0 Å². The molecule has 1 saturated heterocycles. The second-order valence-corrected chi connectivity index (χ2v) is 6.52. The van der Waals surface area contributed by atoms with Crippen molar-refractivity contribution in [2.75, 3.05) is 19.8 Å². The van der Waals surface area contributed by atoms with Crippen LogP contribution in [-0.2, 0) is 9.53 Å². The number of aryl methyl sites for hydroxylation is 1. The maximum atomic E-state index is 12.9. The largest absolute Gasteiger partial charge is 0.492 e. The summed E-state index contributed by atoms with van der Waals surface area (Å²) in [6.07, 6.45) is 1.70. The van der Waals surface area contributed by atoms with E-state index < -0.39 is 0 Å². The number of fused-ring (bicyclic) bond motifs is 1. The van der Waals surface area contributed by atoms with E-state index in [1.54, 1.807) is 6.92 Å². The number of carbonyl (C=O) groups is 1. The summed E-state index contributed by atoms with van der Waals surface area (Å²) < 4.78 is 16.4. The van der Waals surface area contributed by atoms with Gasteiger partial charge in [-0.15, -0.1) is 0 Å². The maximum Gasteiger partial charge on any atom is 0.249 e. The van der Waals surface area contributed by atoms with Crippen LogP contribution in [0.15, 0.2) is 28.8 Å². The van der Waals surface area contributed by atoms with Crippen LogP contribution in [0, 0.1) is 12.8 Å². The number of ether oxygens (including phenoxy) is 2. The van der Waals surface area contributed by atoms with Crippen LogP contribution < -0.4 is 10.1 Å². The van der Waals surface area contributed by atoms with E-state index in [0.717, 1.165) is 24.2 Å². The fourth-order valence-corrected chi connectivity index (χ4v) is 3.50. The van der Waals surface area contributed by atoms with Crippen molar-refractivity contribution in [3.63, 3.8) is 0 Å². The van der Waals surface area contributed by atoms with Crippen molar-refractivity contribution in [2.24, 2.45) is 5.92 Å². The predicted molar refractivity (Wildman–Crippen MR) is 88.1 cm³/mol. The van der Waals surface area contributed by atoms with Gasteiger partial charge in [-0.2, -0.15) is 4.98 Å². The van der Waals surface area contributed by atoms with E-state index in [1.165, 1.54) is 0 Å². The third kappa shape index (κ3) is 3.24. The molecule has 3 heterocycles. The summed E-state index contributed by atoms with van der Waals surface area (Å²) in [5.74, 6) is 1.63. The van der Waals surface area contributed by atoms with Gasteiger partial charge in [0.25, 0.3) is 0 Å². The van der Waals surface area contributed by atoms with Crippen LogP contribution >= 0.6 is 0 Å². The second-order valence-electron chi connectivity index (χ2n) is 6.52.